The van der Waals surface area contributed by atoms with Crippen molar-refractivity contribution in [2.24, 2.45) is 0 Å². The Balaban J connectivity index is 1.42. The van der Waals surface area contributed by atoms with Gasteiger partial charge in [0.2, 0.25) is 0 Å². The molecule has 0 spiro atoms. The van der Waals surface area contributed by atoms with Gasteiger partial charge in [-0.05, 0) is 41.1 Å². The summed E-state index contributed by atoms with van der Waals surface area (Å²) in [5.74, 6) is 2.32. The molecule has 0 saturated heterocycles. The van der Waals surface area contributed by atoms with Gasteiger partial charge in [0.05, 0.1) is 26.5 Å². The van der Waals surface area contributed by atoms with Gasteiger partial charge in [0.25, 0.3) is 0 Å². The van der Waals surface area contributed by atoms with Crippen molar-refractivity contribution in [1.29, 1.82) is 0 Å². The van der Waals surface area contributed by atoms with E-state index in [1.54, 1.807) is 20.5 Å². The number of para-hydroxylation sites is 1. The van der Waals surface area contributed by atoms with Gasteiger partial charge in [-0.2, -0.15) is 0 Å². The van der Waals surface area contributed by atoms with E-state index < -0.39 is 0 Å². The Hall–Kier alpha value is -4.32. The summed E-state index contributed by atoms with van der Waals surface area (Å²) in [4.78, 5) is 8.83. The second kappa shape index (κ2) is 9.04. The van der Waals surface area contributed by atoms with E-state index in [1.807, 2.05) is 42.5 Å². The van der Waals surface area contributed by atoms with E-state index in [0.717, 1.165) is 34.0 Å². The van der Waals surface area contributed by atoms with Crippen molar-refractivity contribution < 1.29 is 9.47 Å². The monoisotopic (exact) mass is 436 g/mol. The van der Waals surface area contributed by atoms with E-state index >= 15 is 0 Å². The lowest BCUT2D eigenvalue weighted by atomic mass is 10.1. The number of anilines is 2. The van der Waals surface area contributed by atoms with Crippen LogP contribution in [0.4, 0.5) is 11.5 Å². The predicted molar refractivity (Wildman–Crippen MR) is 131 cm³/mol. The molecule has 6 nitrogen and oxygen atoms in total. The summed E-state index contributed by atoms with van der Waals surface area (Å²) in [6.07, 6.45) is 5.86. The third-order valence-electron chi connectivity index (χ3n) is 5.56. The SMILES string of the molecule is COc1ccc(Nc2cc(-c3ccccc3OC)ncn2)cc1Cn1cc2ccccc2c1. The number of benzene rings is 3. The largest absolute Gasteiger partial charge is 0.496 e. The molecule has 0 amide bonds. The smallest absolute Gasteiger partial charge is 0.134 e. The summed E-state index contributed by atoms with van der Waals surface area (Å²) in [7, 11) is 3.36. The number of hydrogen-bond donors (Lipinski definition) is 1. The molecule has 2 aromatic heterocycles. The highest BCUT2D eigenvalue weighted by atomic mass is 16.5. The molecule has 3 aromatic carbocycles. The van der Waals surface area contributed by atoms with E-state index in [4.69, 9.17) is 9.47 Å². The molecule has 2 heterocycles. The molecule has 5 aromatic rings. The van der Waals surface area contributed by atoms with Gasteiger partial charge in [0, 0.05) is 35.3 Å². The van der Waals surface area contributed by atoms with Crippen molar-refractivity contribution in [2.75, 3.05) is 19.5 Å². The number of hydrogen-bond acceptors (Lipinski definition) is 5. The Morgan fingerprint density at radius 1 is 0.788 bits per heavy atom. The second-order valence-corrected chi connectivity index (χ2v) is 7.70. The summed E-state index contributed by atoms with van der Waals surface area (Å²) in [5.41, 5.74) is 3.70. The fraction of sp³-hybridized carbons (Fsp3) is 0.111. The van der Waals surface area contributed by atoms with Crippen molar-refractivity contribution in [3.05, 3.63) is 97.1 Å². The zero-order chi connectivity index (χ0) is 22.6. The zero-order valence-electron chi connectivity index (χ0n) is 18.5. The molecule has 1 N–H and O–H groups in total. The Morgan fingerprint density at radius 3 is 2.27 bits per heavy atom. The predicted octanol–water partition coefficient (Wildman–Crippen LogP) is 5.91. The van der Waals surface area contributed by atoms with E-state index in [-0.39, 0.29) is 0 Å². The highest BCUT2D eigenvalue weighted by Crippen LogP contribution is 2.30. The van der Waals surface area contributed by atoms with Crippen LogP contribution in [0.15, 0.2) is 91.5 Å². The van der Waals surface area contributed by atoms with Crippen LogP contribution < -0.4 is 14.8 Å². The van der Waals surface area contributed by atoms with Crippen LogP contribution in [-0.2, 0) is 6.54 Å². The molecule has 0 aliphatic rings. The van der Waals surface area contributed by atoms with Crippen LogP contribution in [0, 0.1) is 0 Å². The van der Waals surface area contributed by atoms with Crippen LogP contribution in [-0.4, -0.2) is 28.8 Å². The molecule has 33 heavy (non-hydrogen) atoms. The van der Waals surface area contributed by atoms with Gasteiger partial charge in [-0.25, -0.2) is 9.97 Å². The van der Waals surface area contributed by atoms with Gasteiger partial charge >= 0.3 is 0 Å². The Kier molecular flexibility index (Phi) is 5.64. The molecule has 0 bridgehead atoms. The number of ether oxygens (including phenoxy) is 2. The maximum absolute atomic E-state index is 5.62. The standard InChI is InChI=1S/C27H24N4O2/c1-32-25-12-11-22(13-21(25)17-31-15-19-7-3-4-8-20(19)16-31)30-27-14-24(28-18-29-27)23-9-5-6-10-26(23)33-2/h3-16,18H,17H2,1-2H3,(H,28,29,30). The lowest BCUT2D eigenvalue weighted by Crippen LogP contribution is -2.02. The summed E-state index contributed by atoms with van der Waals surface area (Å²) >= 11 is 0. The van der Waals surface area contributed by atoms with Crippen LogP contribution in [0.25, 0.3) is 22.0 Å². The van der Waals surface area contributed by atoms with Crippen molar-refractivity contribution >= 4 is 22.3 Å². The van der Waals surface area contributed by atoms with Crippen molar-refractivity contribution in [2.45, 2.75) is 6.54 Å². The van der Waals surface area contributed by atoms with Crippen molar-refractivity contribution in [3.8, 4) is 22.8 Å². The first kappa shape index (κ1) is 20.6. The van der Waals surface area contributed by atoms with Crippen LogP contribution in [0.3, 0.4) is 0 Å². The fourth-order valence-corrected chi connectivity index (χ4v) is 3.99. The first-order valence-corrected chi connectivity index (χ1v) is 10.7. The minimum Gasteiger partial charge on any atom is -0.496 e. The number of methoxy groups -OCH3 is 2. The van der Waals surface area contributed by atoms with Crippen LogP contribution in [0.5, 0.6) is 11.5 Å². The molecule has 0 aliphatic heterocycles. The number of nitrogens with zero attached hydrogens (tertiary/aromatic N) is 3. The Labute approximate surface area is 192 Å². The number of aromatic nitrogens is 3. The number of nitrogens with one attached hydrogen (secondary N) is 1. The van der Waals surface area contributed by atoms with Gasteiger partial charge in [-0.3, -0.25) is 0 Å². The number of fused-ring (bicyclic) bond motifs is 1. The number of rotatable bonds is 7. The lowest BCUT2D eigenvalue weighted by molar-refractivity contribution is 0.408. The quantitative estimate of drug-likeness (QED) is 0.344. The summed E-state index contributed by atoms with van der Waals surface area (Å²) in [5, 5.41) is 5.84. The average molecular weight is 437 g/mol. The van der Waals surface area contributed by atoms with Gasteiger partial charge in [-0.1, -0.05) is 36.4 Å². The Bertz CT molecular complexity index is 1380. The molecule has 0 unspecified atom stereocenters. The molecule has 6 heteroatoms. The van der Waals surface area contributed by atoms with Gasteiger partial charge in [0.15, 0.2) is 0 Å². The van der Waals surface area contributed by atoms with Crippen LogP contribution in [0.1, 0.15) is 5.56 Å². The third-order valence-corrected chi connectivity index (χ3v) is 5.56. The molecule has 0 aliphatic carbocycles. The second-order valence-electron chi connectivity index (χ2n) is 7.70. The molecule has 164 valence electrons. The fourth-order valence-electron chi connectivity index (χ4n) is 3.99. The minimum absolute atomic E-state index is 0.698. The molecule has 0 atom stereocenters. The first-order valence-electron chi connectivity index (χ1n) is 10.7. The average Bonchev–Trinajstić information content (AvgIpc) is 3.27. The summed E-state index contributed by atoms with van der Waals surface area (Å²) < 4.78 is 13.3. The maximum Gasteiger partial charge on any atom is 0.134 e. The molecular weight excluding hydrogens is 412 g/mol. The van der Waals surface area contributed by atoms with Crippen LogP contribution in [0.2, 0.25) is 0 Å². The van der Waals surface area contributed by atoms with Gasteiger partial charge in [-0.15, -0.1) is 0 Å². The molecule has 5 rings (SSSR count). The van der Waals surface area contributed by atoms with Gasteiger partial charge in [0.1, 0.15) is 23.6 Å². The minimum atomic E-state index is 0.698. The molecule has 0 fully saturated rings. The maximum atomic E-state index is 5.62. The van der Waals surface area contributed by atoms with Crippen molar-refractivity contribution in [3.63, 3.8) is 0 Å². The van der Waals surface area contributed by atoms with Gasteiger partial charge < -0.3 is 19.4 Å². The highest BCUT2D eigenvalue weighted by Gasteiger charge is 2.10. The van der Waals surface area contributed by atoms with E-state index in [9.17, 15) is 0 Å². The zero-order valence-corrected chi connectivity index (χ0v) is 18.5. The summed E-state index contributed by atoms with van der Waals surface area (Å²) in [6.45, 7) is 0.698. The lowest BCUT2D eigenvalue weighted by Gasteiger charge is -2.13. The molecular formula is C27H24N4O2. The Morgan fingerprint density at radius 2 is 1.52 bits per heavy atom. The normalized spacial score (nSPS) is 10.8. The molecule has 0 radical (unpaired) electrons. The van der Waals surface area contributed by atoms with E-state index in [2.05, 4.69) is 62.6 Å². The van der Waals surface area contributed by atoms with Crippen LogP contribution >= 0.6 is 0 Å². The first-order chi connectivity index (χ1) is 16.2. The van der Waals surface area contributed by atoms with E-state index in [1.165, 1.54) is 10.8 Å². The van der Waals surface area contributed by atoms with E-state index in [0.29, 0.717) is 12.4 Å². The van der Waals surface area contributed by atoms with Crippen molar-refractivity contribution in [1.82, 2.24) is 14.5 Å². The topological polar surface area (TPSA) is 61.2 Å². The highest BCUT2D eigenvalue weighted by molar-refractivity contribution is 5.82. The molecule has 0 saturated carbocycles. The summed E-state index contributed by atoms with van der Waals surface area (Å²) in [6, 6.07) is 24.1. The third kappa shape index (κ3) is 4.36.